The van der Waals surface area contributed by atoms with E-state index in [0.29, 0.717) is 12.8 Å². The van der Waals surface area contributed by atoms with Crippen LogP contribution < -0.4 is 10.6 Å². The number of carbonyl (C=O) groups excluding carboxylic acids is 3. The van der Waals surface area contributed by atoms with Gasteiger partial charge in [-0.05, 0) is 51.7 Å². The molecule has 0 fully saturated rings. The van der Waals surface area contributed by atoms with E-state index in [1.54, 1.807) is 27.7 Å². The Bertz CT molecular complexity index is 894. The first kappa shape index (κ1) is 25.9. The Kier molecular flexibility index (Phi) is 9.91. The fraction of sp³-hybridized carbons (Fsp3) is 0.423. The summed E-state index contributed by atoms with van der Waals surface area (Å²) in [5.74, 6) is -0.978. The van der Waals surface area contributed by atoms with Gasteiger partial charge in [-0.2, -0.15) is 0 Å². The number of rotatable bonds is 10. The molecule has 2 aromatic rings. The van der Waals surface area contributed by atoms with Crippen LogP contribution in [0, 0.1) is 0 Å². The highest BCUT2D eigenvalue weighted by atomic mass is 16.6. The highest BCUT2D eigenvalue weighted by molar-refractivity contribution is 5.90. The third-order valence-electron chi connectivity index (χ3n) is 4.74. The zero-order valence-corrected chi connectivity index (χ0v) is 19.8. The number of benzene rings is 2. The minimum absolute atomic E-state index is 0.208. The van der Waals surface area contributed by atoms with Gasteiger partial charge in [0.2, 0.25) is 5.91 Å². The number of alkyl carbamates (subject to hydrolysis) is 1. The molecule has 2 rings (SSSR count). The van der Waals surface area contributed by atoms with Crippen LogP contribution in [0.1, 0.15) is 45.2 Å². The second-order valence-corrected chi connectivity index (χ2v) is 8.73. The zero-order chi connectivity index (χ0) is 24.3. The average Bonchev–Trinajstić information content (AvgIpc) is 2.76. The summed E-state index contributed by atoms with van der Waals surface area (Å²) in [6.07, 6.45) is 0.516. The predicted molar refractivity (Wildman–Crippen MR) is 127 cm³/mol. The molecule has 0 unspecified atom stereocenters. The molecular formula is C26H34N2O5. The normalized spacial score (nSPS) is 12.8. The number of aryl methyl sites for hydroxylation is 1. The molecule has 7 heteroatoms. The third-order valence-corrected chi connectivity index (χ3v) is 4.74. The van der Waals surface area contributed by atoms with Crippen molar-refractivity contribution in [2.24, 2.45) is 0 Å². The van der Waals surface area contributed by atoms with Gasteiger partial charge in [0.25, 0.3) is 0 Å². The average molecular weight is 455 g/mol. The van der Waals surface area contributed by atoms with E-state index in [4.69, 9.17) is 9.47 Å². The van der Waals surface area contributed by atoms with E-state index in [-0.39, 0.29) is 13.0 Å². The van der Waals surface area contributed by atoms with Crippen LogP contribution in [0.3, 0.4) is 0 Å². The maximum Gasteiger partial charge on any atom is 0.408 e. The molecule has 0 spiro atoms. The lowest BCUT2D eigenvalue weighted by molar-refractivity contribution is -0.147. The van der Waals surface area contributed by atoms with Crippen LogP contribution in [-0.2, 0) is 31.9 Å². The van der Waals surface area contributed by atoms with Crippen LogP contribution in [0.4, 0.5) is 4.79 Å². The predicted octanol–water partition coefficient (Wildman–Crippen LogP) is 3.80. The highest BCUT2D eigenvalue weighted by Crippen LogP contribution is 2.11. The monoisotopic (exact) mass is 454 g/mol. The van der Waals surface area contributed by atoms with E-state index in [9.17, 15) is 14.4 Å². The van der Waals surface area contributed by atoms with Gasteiger partial charge in [-0.1, -0.05) is 60.7 Å². The molecular weight excluding hydrogens is 420 g/mol. The van der Waals surface area contributed by atoms with Crippen molar-refractivity contribution < 1.29 is 23.9 Å². The van der Waals surface area contributed by atoms with E-state index in [2.05, 4.69) is 10.6 Å². The van der Waals surface area contributed by atoms with Gasteiger partial charge in [-0.15, -0.1) is 0 Å². The van der Waals surface area contributed by atoms with Gasteiger partial charge < -0.3 is 20.1 Å². The molecule has 2 aromatic carbocycles. The Morgan fingerprint density at radius 1 is 0.848 bits per heavy atom. The Balaban J connectivity index is 2.15. The molecule has 0 aliphatic heterocycles. The van der Waals surface area contributed by atoms with E-state index in [0.717, 1.165) is 11.1 Å². The summed E-state index contributed by atoms with van der Waals surface area (Å²) < 4.78 is 10.5. The standard InChI is InChI=1S/C26H34N2O5/c1-5-32-24(30)21(17-16-19-12-8-6-9-13-19)27-23(29)22(18-20-14-10-7-11-15-20)28-25(31)33-26(2,3)4/h6-15,21-22H,5,16-18H2,1-4H3,(H,27,29)(H,28,31)/t21-,22+/m1/s1. The van der Waals surface area contributed by atoms with Crippen LogP contribution in [0.15, 0.2) is 60.7 Å². The van der Waals surface area contributed by atoms with Crippen molar-refractivity contribution in [1.82, 2.24) is 10.6 Å². The van der Waals surface area contributed by atoms with Crippen molar-refractivity contribution in [1.29, 1.82) is 0 Å². The quantitative estimate of drug-likeness (QED) is 0.533. The second kappa shape index (κ2) is 12.6. The fourth-order valence-electron chi connectivity index (χ4n) is 3.23. The summed E-state index contributed by atoms with van der Waals surface area (Å²) >= 11 is 0. The highest BCUT2D eigenvalue weighted by Gasteiger charge is 2.29. The molecule has 178 valence electrons. The maximum absolute atomic E-state index is 13.2. The molecule has 2 amide bonds. The summed E-state index contributed by atoms with van der Waals surface area (Å²) in [5.41, 5.74) is 1.21. The van der Waals surface area contributed by atoms with Crippen LogP contribution in [0.5, 0.6) is 0 Å². The van der Waals surface area contributed by atoms with Crippen molar-refractivity contribution >= 4 is 18.0 Å². The molecule has 2 atom stereocenters. The van der Waals surface area contributed by atoms with Crippen molar-refractivity contribution in [3.05, 3.63) is 71.8 Å². The number of nitrogens with one attached hydrogen (secondary N) is 2. The molecule has 33 heavy (non-hydrogen) atoms. The molecule has 0 saturated carbocycles. The summed E-state index contributed by atoms with van der Waals surface area (Å²) in [6.45, 7) is 7.17. The van der Waals surface area contributed by atoms with Crippen LogP contribution >= 0.6 is 0 Å². The van der Waals surface area contributed by atoms with Crippen molar-refractivity contribution in [3.63, 3.8) is 0 Å². The summed E-state index contributed by atoms with van der Waals surface area (Å²) in [4.78, 5) is 38.1. The lowest BCUT2D eigenvalue weighted by atomic mass is 10.0. The Hall–Kier alpha value is -3.35. The minimum Gasteiger partial charge on any atom is -0.464 e. The summed E-state index contributed by atoms with van der Waals surface area (Å²) in [6, 6.07) is 17.3. The topological polar surface area (TPSA) is 93.7 Å². The van der Waals surface area contributed by atoms with Gasteiger partial charge >= 0.3 is 12.1 Å². The molecule has 0 aromatic heterocycles. The molecule has 2 N–H and O–H groups in total. The van der Waals surface area contributed by atoms with Gasteiger partial charge in [-0.3, -0.25) is 4.79 Å². The minimum atomic E-state index is -0.920. The molecule has 7 nitrogen and oxygen atoms in total. The van der Waals surface area contributed by atoms with E-state index in [1.807, 2.05) is 60.7 Å². The molecule has 0 radical (unpaired) electrons. The van der Waals surface area contributed by atoms with Gasteiger partial charge in [-0.25, -0.2) is 9.59 Å². The Morgan fingerprint density at radius 2 is 1.42 bits per heavy atom. The first-order valence-electron chi connectivity index (χ1n) is 11.2. The first-order chi connectivity index (χ1) is 15.7. The largest absolute Gasteiger partial charge is 0.464 e. The van der Waals surface area contributed by atoms with Gasteiger partial charge in [0.15, 0.2) is 0 Å². The van der Waals surface area contributed by atoms with E-state index < -0.39 is 35.7 Å². The fourth-order valence-corrected chi connectivity index (χ4v) is 3.23. The van der Waals surface area contributed by atoms with Crippen molar-refractivity contribution in [2.45, 2.75) is 64.6 Å². The van der Waals surface area contributed by atoms with E-state index in [1.165, 1.54) is 0 Å². The SMILES string of the molecule is CCOC(=O)[C@@H](CCc1ccccc1)NC(=O)[C@H](Cc1ccccc1)NC(=O)OC(C)(C)C. The van der Waals surface area contributed by atoms with Crippen molar-refractivity contribution in [3.8, 4) is 0 Å². The number of amides is 2. The second-order valence-electron chi connectivity index (χ2n) is 8.73. The van der Waals surface area contributed by atoms with E-state index >= 15 is 0 Å². The lowest BCUT2D eigenvalue weighted by Crippen LogP contribution is -2.53. The molecule has 0 aliphatic rings. The zero-order valence-electron chi connectivity index (χ0n) is 19.8. The lowest BCUT2D eigenvalue weighted by Gasteiger charge is -2.25. The van der Waals surface area contributed by atoms with Crippen LogP contribution in [-0.4, -0.2) is 42.3 Å². The number of ether oxygens (including phenoxy) is 2. The number of hydrogen-bond donors (Lipinski definition) is 2. The smallest absolute Gasteiger partial charge is 0.408 e. The first-order valence-corrected chi connectivity index (χ1v) is 11.2. The number of esters is 1. The molecule has 0 bridgehead atoms. The third kappa shape index (κ3) is 9.76. The van der Waals surface area contributed by atoms with Gasteiger partial charge in [0, 0.05) is 6.42 Å². The molecule has 0 aliphatic carbocycles. The van der Waals surface area contributed by atoms with Crippen LogP contribution in [0.2, 0.25) is 0 Å². The summed E-state index contributed by atoms with van der Waals surface area (Å²) in [7, 11) is 0. The molecule has 0 saturated heterocycles. The van der Waals surface area contributed by atoms with Crippen molar-refractivity contribution in [2.75, 3.05) is 6.61 Å². The Morgan fingerprint density at radius 3 is 1.97 bits per heavy atom. The number of hydrogen-bond acceptors (Lipinski definition) is 5. The Labute approximate surface area is 195 Å². The van der Waals surface area contributed by atoms with Gasteiger partial charge in [0.05, 0.1) is 6.61 Å². The molecule has 0 heterocycles. The van der Waals surface area contributed by atoms with Crippen LogP contribution in [0.25, 0.3) is 0 Å². The summed E-state index contributed by atoms with van der Waals surface area (Å²) in [5, 5.41) is 5.42. The number of carbonyl (C=O) groups is 3. The van der Waals surface area contributed by atoms with Gasteiger partial charge in [0.1, 0.15) is 17.7 Å². The maximum atomic E-state index is 13.2.